The Balaban J connectivity index is 1.76. The van der Waals surface area contributed by atoms with E-state index in [2.05, 4.69) is 21.4 Å². The van der Waals surface area contributed by atoms with Gasteiger partial charge in [0.2, 0.25) is 5.95 Å². The summed E-state index contributed by atoms with van der Waals surface area (Å²) in [6, 6.07) is 2.30. The zero-order chi connectivity index (χ0) is 19.7. The lowest BCUT2D eigenvalue weighted by atomic mass is 9.85. The molecule has 3 aromatic rings. The topological polar surface area (TPSA) is 89.5 Å². The lowest BCUT2D eigenvalue weighted by Crippen LogP contribution is -2.23. The molecule has 1 fully saturated rings. The summed E-state index contributed by atoms with van der Waals surface area (Å²) in [6.07, 6.45) is 9.08. The second kappa shape index (κ2) is 7.89. The van der Waals surface area contributed by atoms with Crippen molar-refractivity contribution in [2.75, 3.05) is 19.0 Å². The first-order valence-corrected chi connectivity index (χ1v) is 9.85. The first kappa shape index (κ1) is 18.9. The number of aliphatic hydroxyl groups is 1. The van der Waals surface area contributed by atoms with Crippen molar-refractivity contribution in [2.45, 2.75) is 50.7 Å². The normalized spacial score (nSPS) is 21.1. The summed E-state index contributed by atoms with van der Waals surface area (Å²) in [6.45, 7) is 2.62. The third-order valence-electron chi connectivity index (χ3n) is 5.43. The van der Waals surface area contributed by atoms with Crippen LogP contribution in [-0.2, 0) is 11.8 Å². The number of ether oxygens (including phenoxy) is 1. The molecular formula is C20H28N6O2. The van der Waals surface area contributed by atoms with Crippen LogP contribution in [0.5, 0.6) is 0 Å². The van der Waals surface area contributed by atoms with E-state index in [9.17, 15) is 5.11 Å². The fraction of sp³-hybridized carbons (Fsp3) is 0.550. The Morgan fingerprint density at radius 1 is 1.29 bits per heavy atom. The smallest absolute Gasteiger partial charge is 0.241 e. The van der Waals surface area contributed by atoms with E-state index in [4.69, 9.17) is 9.84 Å². The standard InChI is InChI=1S/C20H28N6O2/c1-13(11-28-3)23-20-21-9-19-16(17-10-25(2)12-22-17)8-18(26(19)24-20)14-4-6-15(27)7-5-14/h8-10,12-15,27H,4-7,11H2,1-3H3,(H,23,24)/t13-,14?,15?/m0/s1. The quantitative estimate of drug-likeness (QED) is 0.679. The van der Waals surface area contributed by atoms with Crippen molar-refractivity contribution < 1.29 is 9.84 Å². The monoisotopic (exact) mass is 384 g/mol. The van der Waals surface area contributed by atoms with Gasteiger partial charge >= 0.3 is 0 Å². The Kier molecular flexibility index (Phi) is 5.32. The number of rotatable bonds is 6. The van der Waals surface area contributed by atoms with Gasteiger partial charge in [0.15, 0.2) is 0 Å². The Morgan fingerprint density at radius 3 is 2.75 bits per heavy atom. The van der Waals surface area contributed by atoms with Crippen molar-refractivity contribution in [1.29, 1.82) is 0 Å². The van der Waals surface area contributed by atoms with Crippen molar-refractivity contribution in [1.82, 2.24) is 24.1 Å². The van der Waals surface area contributed by atoms with Gasteiger partial charge in [0, 0.05) is 43.6 Å². The van der Waals surface area contributed by atoms with Gasteiger partial charge < -0.3 is 19.7 Å². The summed E-state index contributed by atoms with van der Waals surface area (Å²) in [4.78, 5) is 9.04. The number of aromatic nitrogens is 5. The van der Waals surface area contributed by atoms with Crippen LogP contribution in [0.15, 0.2) is 24.8 Å². The predicted octanol–water partition coefficient (Wildman–Crippen LogP) is 2.60. The van der Waals surface area contributed by atoms with Gasteiger partial charge in [-0.15, -0.1) is 5.10 Å². The summed E-state index contributed by atoms with van der Waals surface area (Å²) in [5.41, 5.74) is 4.06. The third-order valence-corrected chi connectivity index (χ3v) is 5.43. The SMILES string of the molecule is COC[C@H](C)Nc1ncc2c(-c3cn(C)cn3)cc(C3CCC(O)CC3)n2n1. The molecule has 28 heavy (non-hydrogen) atoms. The zero-order valence-electron chi connectivity index (χ0n) is 16.7. The number of hydrogen-bond donors (Lipinski definition) is 2. The molecule has 8 nitrogen and oxygen atoms in total. The molecule has 3 aromatic heterocycles. The molecule has 0 aliphatic heterocycles. The number of nitrogens with zero attached hydrogens (tertiary/aromatic N) is 5. The van der Waals surface area contributed by atoms with E-state index in [0.29, 0.717) is 18.5 Å². The average Bonchev–Trinajstić information content (AvgIpc) is 3.26. The highest BCUT2D eigenvalue weighted by Gasteiger charge is 2.26. The van der Waals surface area contributed by atoms with E-state index in [1.54, 1.807) is 13.4 Å². The van der Waals surface area contributed by atoms with Crippen LogP contribution in [0.3, 0.4) is 0 Å². The number of nitrogens with one attached hydrogen (secondary N) is 1. The summed E-state index contributed by atoms with van der Waals surface area (Å²) in [7, 11) is 3.65. The maximum absolute atomic E-state index is 9.90. The summed E-state index contributed by atoms with van der Waals surface area (Å²) < 4.78 is 9.14. The molecule has 2 N–H and O–H groups in total. The summed E-state index contributed by atoms with van der Waals surface area (Å²) in [5, 5.41) is 18.0. The molecule has 0 amide bonds. The average molecular weight is 384 g/mol. The van der Waals surface area contributed by atoms with Crippen LogP contribution in [0.2, 0.25) is 0 Å². The van der Waals surface area contributed by atoms with Gasteiger partial charge in [-0.05, 0) is 38.7 Å². The predicted molar refractivity (Wildman–Crippen MR) is 107 cm³/mol. The Bertz CT molecular complexity index is 941. The Hall–Kier alpha value is -2.45. The third kappa shape index (κ3) is 3.74. The largest absolute Gasteiger partial charge is 0.393 e. The van der Waals surface area contributed by atoms with E-state index in [1.807, 2.05) is 35.4 Å². The highest BCUT2D eigenvalue weighted by Crippen LogP contribution is 2.37. The van der Waals surface area contributed by atoms with E-state index in [0.717, 1.165) is 48.2 Å². The molecule has 1 saturated carbocycles. The molecule has 4 rings (SSSR count). The second-order valence-corrected chi connectivity index (χ2v) is 7.79. The van der Waals surface area contributed by atoms with Crippen molar-refractivity contribution in [2.24, 2.45) is 7.05 Å². The molecule has 0 radical (unpaired) electrons. The van der Waals surface area contributed by atoms with Gasteiger partial charge in [0.05, 0.1) is 36.4 Å². The number of anilines is 1. The van der Waals surface area contributed by atoms with E-state index >= 15 is 0 Å². The van der Waals surface area contributed by atoms with Gasteiger partial charge in [0.25, 0.3) is 0 Å². The van der Waals surface area contributed by atoms with E-state index in [-0.39, 0.29) is 12.1 Å². The summed E-state index contributed by atoms with van der Waals surface area (Å²) in [5.74, 6) is 0.949. The van der Waals surface area contributed by atoms with Crippen LogP contribution in [-0.4, -0.2) is 55.1 Å². The van der Waals surface area contributed by atoms with Gasteiger partial charge in [-0.3, -0.25) is 0 Å². The first-order chi connectivity index (χ1) is 13.5. The summed E-state index contributed by atoms with van der Waals surface area (Å²) >= 11 is 0. The van der Waals surface area contributed by atoms with Crippen LogP contribution in [0.25, 0.3) is 16.8 Å². The molecule has 150 valence electrons. The number of aliphatic hydroxyl groups excluding tert-OH is 1. The highest BCUT2D eigenvalue weighted by molar-refractivity contribution is 5.79. The highest BCUT2D eigenvalue weighted by atomic mass is 16.5. The zero-order valence-corrected chi connectivity index (χ0v) is 16.7. The lowest BCUT2D eigenvalue weighted by Gasteiger charge is -2.25. The molecule has 1 aliphatic carbocycles. The van der Waals surface area contributed by atoms with Crippen LogP contribution >= 0.6 is 0 Å². The fourth-order valence-electron chi connectivity index (χ4n) is 4.01. The maximum Gasteiger partial charge on any atom is 0.241 e. The first-order valence-electron chi connectivity index (χ1n) is 9.85. The Labute approximate surface area is 164 Å². The number of fused-ring (bicyclic) bond motifs is 1. The minimum Gasteiger partial charge on any atom is -0.393 e. The molecule has 8 heteroatoms. The Morgan fingerprint density at radius 2 is 2.07 bits per heavy atom. The van der Waals surface area contributed by atoms with Crippen LogP contribution in [0, 0.1) is 0 Å². The van der Waals surface area contributed by atoms with Crippen LogP contribution in [0.1, 0.15) is 44.2 Å². The molecule has 0 bridgehead atoms. The van der Waals surface area contributed by atoms with Crippen molar-refractivity contribution >= 4 is 11.5 Å². The molecular weight excluding hydrogens is 356 g/mol. The molecule has 0 spiro atoms. The van der Waals surface area contributed by atoms with Crippen molar-refractivity contribution in [3.05, 3.63) is 30.5 Å². The number of methoxy groups -OCH3 is 1. The second-order valence-electron chi connectivity index (χ2n) is 7.79. The maximum atomic E-state index is 9.90. The van der Waals surface area contributed by atoms with Crippen LogP contribution in [0.4, 0.5) is 5.95 Å². The van der Waals surface area contributed by atoms with Crippen LogP contribution < -0.4 is 5.32 Å². The van der Waals surface area contributed by atoms with Crippen molar-refractivity contribution in [3.8, 4) is 11.3 Å². The number of hydrogen-bond acceptors (Lipinski definition) is 6. The van der Waals surface area contributed by atoms with Gasteiger partial charge in [0.1, 0.15) is 0 Å². The van der Waals surface area contributed by atoms with E-state index in [1.165, 1.54) is 0 Å². The molecule has 0 saturated heterocycles. The minimum atomic E-state index is -0.181. The van der Waals surface area contributed by atoms with Gasteiger partial charge in [-0.1, -0.05) is 0 Å². The van der Waals surface area contributed by atoms with Crippen molar-refractivity contribution in [3.63, 3.8) is 0 Å². The fourth-order valence-corrected chi connectivity index (χ4v) is 4.01. The van der Waals surface area contributed by atoms with Gasteiger partial charge in [-0.25, -0.2) is 14.5 Å². The number of imidazole rings is 1. The lowest BCUT2D eigenvalue weighted by molar-refractivity contribution is 0.121. The molecule has 1 aliphatic rings. The molecule has 0 aromatic carbocycles. The molecule has 3 heterocycles. The molecule has 0 unspecified atom stereocenters. The van der Waals surface area contributed by atoms with Gasteiger partial charge in [-0.2, -0.15) is 0 Å². The number of aryl methyl sites for hydroxylation is 1. The van der Waals surface area contributed by atoms with E-state index < -0.39 is 0 Å². The molecule has 1 atom stereocenters. The minimum absolute atomic E-state index is 0.113.